The number of hydrogen-bond donors (Lipinski definition) is 2. The number of methoxy groups -OCH3 is 1. The second kappa shape index (κ2) is 4.35. The second-order valence-corrected chi connectivity index (χ2v) is 7.16. The van der Waals surface area contributed by atoms with Crippen LogP contribution in [0.3, 0.4) is 0 Å². The van der Waals surface area contributed by atoms with E-state index >= 15 is 0 Å². The molecular weight excluding hydrogens is 256 g/mol. The quantitative estimate of drug-likeness (QED) is 0.816. The van der Waals surface area contributed by atoms with Gasteiger partial charge in [-0.3, -0.25) is 0 Å². The maximum atomic E-state index is 11.7. The van der Waals surface area contributed by atoms with Crippen molar-refractivity contribution in [3.05, 3.63) is 23.0 Å². The molecule has 0 saturated carbocycles. The van der Waals surface area contributed by atoms with Crippen LogP contribution in [0.15, 0.2) is 23.0 Å². The SMILES string of the molecule is COC1=CCC(O)(C(=O)O)C2=C1C(C)(C)CCC2(C)C. The summed E-state index contributed by atoms with van der Waals surface area (Å²) in [4.78, 5) is 11.7. The first-order valence-electron chi connectivity index (χ1n) is 7.02. The number of ether oxygens (including phenoxy) is 1. The van der Waals surface area contributed by atoms with E-state index in [9.17, 15) is 15.0 Å². The molecule has 0 aromatic carbocycles. The van der Waals surface area contributed by atoms with Gasteiger partial charge >= 0.3 is 5.97 Å². The third-order valence-corrected chi connectivity index (χ3v) is 4.80. The fourth-order valence-corrected chi connectivity index (χ4v) is 3.60. The lowest BCUT2D eigenvalue weighted by atomic mass is 9.56. The zero-order valence-electron chi connectivity index (χ0n) is 12.9. The molecular formula is C16H24O4. The first-order chi connectivity index (χ1) is 9.06. The summed E-state index contributed by atoms with van der Waals surface area (Å²) in [7, 11) is 1.60. The summed E-state index contributed by atoms with van der Waals surface area (Å²) in [5.74, 6) is -0.467. The number of carbonyl (C=O) groups is 1. The van der Waals surface area contributed by atoms with Gasteiger partial charge in [-0.25, -0.2) is 4.79 Å². The molecule has 2 aliphatic rings. The number of aliphatic carboxylic acids is 1. The average molecular weight is 280 g/mol. The summed E-state index contributed by atoms with van der Waals surface area (Å²) in [6, 6.07) is 0. The Balaban J connectivity index is 2.78. The lowest BCUT2D eigenvalue weighted by molar-refractivity contribution is -0.156. The minimum Gasteiger partial charge on any atom is -0.497 e. The van der Waals surface area contributed by atoms with Crippen molar-refractivity contribution in [2.45, 2.75) is 52.6 Å². The molecule has 112 valence electrons. The Kier molecular flexibility index (Phi) is 3.29. The van der Waals surface area contributed by atoms with Crippen molar-refractivity contribution < 1.29 is 19.7 Å². The smallest absolute Gasteiger partial charge is 0.340 e. The Bertz CT molecular complexity index is 511. The minimum atomic E-state index is -1.82. The topological polar surface area (TPSA) is 66.8 Å². The van der Waals surface area contributed by atoms with E-state index in [0.717, 1.165) is 18.4 Å². The highest BCUT2D eigenvalue weighted by molar-refractivity contribution is 5.84. The van der Waals surface area contributed by atoms with Crippen molar-refractivity contribution in [3.8, 4) is 0 Å². The molecule has 0 fully saturated rings. The van der Waals surface area contributed by atoms with Crippen LogP contribution in [0.2, 0.25) is 0 Å². The van der Waals surface area contributed by atoms with Crippen molar-refractivity contribution in [1.29, 1.82) is 0 Å². The fraction of sp³-hybridized carbons (Fsp3) is 0.688. The molecule has 0 saturated heterocycles. The van der Waals surface area contributed by atoms with Crippen LogP contribution in [0.5, 0.6) is 0 Å². The van der Waals surface area contributed by atoms with Crippen LogP contribution in [-0.4, -0.2) is 28.9 Å². The van der Waals surface area contributed by atoms with E-state index in [0.29, 0.717) is 11.3 Å². The van der Waals surface area contributed by atoms with Gasteiger partial charge in [0.25, 0.3) is 0 Å². The molecule has 4 heteroatoms. The van der Waals surface area contributed by atoms with Crippen LogP contribution in [0.1, 0.15) is 47.0 Å². The Morgan fingerprint density at radius 2 is 1.75 bits per heavy atom. The molecule has 1 unspecified atom stereocenters. The number of carboxylic acids is 1. The highest BCUT2D eigenvalue weighted by Crippen LogP contribution is 2.56. The van der Waals surface area contributed by atoms with Gasteiger partial charge in [-0.15, -0.1) is 0 Å². The zero-order valence-corrected chi connectivity index (χ0v) is 12.9. The largest absolute Gasteiger partial charge is 0.497 e. The van der Waals surface area contributed by atoms with Crippen LogP contribution >= 0.6 is 0 Å². The highest BCUT2D eigenvalue weighted by atomic mass is 16.5. The summed E-state index contributed by atoms with van der Waals surface area (Å²) in [6.45, 7) is 8.17. The lowest BCUT2D eigenvalue weighted by Crippen LogP contribution is -2.50. The van der Waals surface area contributed by atoms with Gasteiger partial charge in [-0.05, 0) is 35.3 Å². The predicted molar refractivity (Wildman–Crippen MR) is 76.1 cm³/mol. The molecule has 0 amide bonds. The normalized spacial score (nSPS) is 31.4. The van der Waals surface area contributed by atoms with Crippen LogP contribution < -0.4 is 0 Å². The van der Waals surface area contributed by atoms with Crippen molar-refractivity contribution in [1.82, 2.24) is 0 Å². The first kappa shape index (κ1) is 15.1. The zero-order chi connectivity index (χ0) is 15.3. The maximum absolute atomic E-state index is 11.7. The molecule has 0 aromatic heterocycles. The molecule has 0 heterocycles. The average Bonchev–Trinajstić information content (AvgIpc) is 2.34. The van der Waals surface area contributed by atoms with Gasteiger partial charge in [-0.2, -0.15) is 0 Å². The molecule has 4 nitrogen and oxygen atoms in total. The fourth-order valence-electron chi connectivity index (χ4n) is 3.60. The number of aliphatic hydroxyl groups is 1. The van der Waals surface area contributed by atoms with Gasteiger partial charge in [0.15, 0.2) is 5.60 Å². The summed E-state index contributed by atoms with van der Waals surface area (Å²) in [5.41, 5.74) is -0.883. The van der Waals surface area contributed by atoms with Crippen molar-refractivity contribution in [2.75, 3.05) is 7.11 Å². The van der Waals surface area contributed by atoms with E-state index in [1.54, 1.807) is 13.2 Å². The number of carboxylic acid groups (broad SMARTS) is 1. The Hall–Kier alpha value is -1.29. The monoisotopic (exact) mass is 280 g/mol. The minimum absolute atomic E-state index is 0.0594. The molecule has 0 aliphatic heterocycles. The van der Waals surface area contributed by atoms with Gasteiger partial charge in [0.2, 0.25) is 0 Å². The lowest BCUT2D eigenvalue weighted by Gasteiger charge is -2.49. The first-order valence-corrected chi connectivity index (χ1v) is 7.02. The molecule has 20 heavy (non-hydrogen) atoms. The Morgan fingerprint density at radius 3 is 2.25 bits per heavy atom. The molecule has 2 aliphatic carbocycles. The molecule has 1 atom stereocenters. The van der Waals surface area contributed by atoms with Crippen molar-refractivity contribution >= 4 is 5.97 Å². The molecule has 0 aromatic rings. The number of allylic oxidation sites excluding steroid dienone is 1. The van der Waals surface area contributed by atoms with Crippen LogP contribution in [0.4, 0.5) is 0 Å². The van der Waals surface area contributed by atoms with E-state index in [1.165, 1.54) is 0 Å². The highest BCUT2D eigenvalue weighted by Gasteiger charge is 2.54. The molecule has 2 rings (SSSR count). The summed E-state index contributed by atoms with van der Waals surface area (Å²) >= 11 is 0. The van der Waals surface area contributed by atoms with Crippen LogP contribution in [-0.2, 0) is 9.53 Å². The van der Waals surface area contributed by atoms with E-state index in [2.05, 4.69) is 13.8 Å². The van der Waals surface area contributed by atoms with Crippen LogP contribution in [0, 0.1) is 10.8 Å². The number of rotatable bonds is 2. The Morgan fingerprint density at radius 1 is 1.20 bits per heavy atom. The number of hydrogen-bond acceptors (Lipinski definition) is 3. The van der Waals surface area contributed by atoms with Crippen LogP contribution in [0.25, 0.3) is 0 Å². The van der Waals surface area contributed by atoms with Gasteiger partial charge < -0.3 is 14.9 Å². The molecule has 0 spiro atoms. The van der Waals surface area contributed by atoms with Gasteiger partial charge in [0.1, 0.15) is 5.76 Å². The maximum Gasteiger partial charge on any atom is 0.340 e. The van der Waals surface area contributed by atoms with Gasteiger partial charge in [0.05, 0.1) is 7.11 Å². The van der Waals surface area contributed by atoms with Gasteiger partial charge in [-0.1, -0.05) is 27.7 Å². The van der Waals surface area contributed by atoms with Crippen molar-refractivity contribution in [3.63, 3.8) is 0 Å². The summed E-state index contributed by atoms with van der Waals surface area (Å²) < 4.78 is 5.46. The molecule has 0 bridgehead atoms. The molecule has 2 N–H and O–H groups in total. The van der Waals surface area contributed by atoms with E-state index in [-0.39, 0.29) is 17.3 Å². The summed E-state index contributed by atoms with van der Waals surface area (Å²) in [5, 5.41) is 20.3. The predicted octanol–water partition coefficient (Wildman–Crippen LogP) is 2.88. The Labute approximate surface area is 120 Å². The molecule has 0 radical (unpaired) electrons. The standard InChI is InChI=1S/C16H24O4/c1-14(2)8-9-15(3,4)12-11(14)10(20-5)6-7-16(12,19)13(17)18/h6,19H,7-9H2,1-5H3,(H,17,18). The van der Waals surface area contributed by atoms with Gasteiger partial charge in [0, 0.05) is 12.0 Å². The second-order valence-electron chi connectivity index (χ2n) is 7.16. The van der Waals surface area contributed by atoms with E-state index in [4.69, 9.17) is 4.74 Å². The summed E-state index contributed by atoms with van der Waals surface area (Å²) in [6.07, 6.45) is 3.56. The van der Waals surface area contributed by atoms with E-state index in [1.807, 2.05) is 13.8 Å². The third-order valence-electron chi connectivity index (χ3n) is 4.80. The third kappa shape index (κ3) is 1.97. The van der Waals surface area contributed by atoms with E-state index < -0.39 is 11.6 Å². The van der Waals surface area contributed by atoms with Crippen molar-refractivity contribution in [2.24, 2.45) is 10.8 Å².